The van der Waals surface area contributed by atoms with Gasteiger partial charge in [-0.3, -0.25) is 14.0 Å². The Bertz CT molecular complexity index is 1430. The number of aryl methyl sites for hydroxylation is 1. The molecule has 1 aliphatic heterocycles. The lowest BCUT2D eigenvalue weighted by Gasteiger charge is -2.16. The van der Waals surface area contributed by atoms with Gasteiger partial charge in [0.2, 0.25) is 11.8 Å². The van der Waals surface area contributed by atoms with E-state index >= 15 is 0 Å². The van der Waals surface area contributed by atoms with Crippen molar-refractivity contribution in [1.29, 1.82) is 0 Å². The maximum Gasteiger partial charge on any atom is 0.227 e. The fourth-order valence-corrected chi connectivity index (χ4v) is 5.54. The van der Waals surface area contributed by atoms with E-state index < -0.39 is 10.8 Å². The minimum absolute atomic E-state index is 0.0234. The first-order chi connectivity index (χ1) is 15.8. The van der Waals surface area contributed by atoms with Crippen LogP contribution in [0.4, 0.5) is 4.39 Å². The summed E-state index contributed by atoms with van der Waals surface area (Å²) in [4.78, 5) is 19.1. The highest BCUT2D eigenvalue weighted by Crippen LogP contribution is 2.42. The lowest BCUT2D eigenvalue weighted by Crippen LogP contribution is -2.30. The second kappa shape index (κ2) is 8.15. The van der Waals surface area contributed by atoms with E-state index in [1.54, 1.807) is 36.5 Å². The molecule has 1 atom stereocenters. The maximum absolute atomic E-state index is 13.3. The zero-order chi connectivity index (χ0) is 23.3. The van der Waals surface area contributed by atoms with E-state index in [0.29, 0.717) is 40.6 Å². The van der Waals surface area contributed by atoms with Gasteiger partial charge in [0, 0.05) is 53.3 Å². The number of nitrogens with zero attached hydrogens (tertiary/aromatic N) is 3. The maximum atomic E-state index is 13.3. The number of fused-ring (bicyclic) bond motifs is 2. The van der Waals surface area contributed by atoms with Crippen molar-refractivity contribution in [3.8, 4) is 11.6 Å². The Morgan fingerprint density at radius 2 is 1.94 bits per heavy atom. The molecule has 2 aromatic carbocycles. The largest absolute Gasteiger partial charge is 0.505 e. The number of phenols is 1. The second-order valence-electron chi connectivity index (χ2n) is 8.33. The highest BCUT2D eigenvalue weighted by atomic mass is 32.2. The first kappa shape index (κ1) is 21.4. The standard InChI is InChI=1S/C24H22FN3O4S/c1-27-12-19-17(10-20(29)28-6-7-33(32)13-28)18-9-15(8-14-2-4-16(25)5-3-14)11-26-22(18)23(30)21(19)24(27)31/h2-5,9,11-12,30-31H,6-8,10,13H2,1H3. The van der Waals surface area contributed by atoms with E-state index in [4.69, 9.17) is 0 Å². The summed E-state index contributed by atoms with van der Waals surface area (Å²) in [6, 6.07) is 8.08. The Kier molecular flexibility index (Phi) is 5.28. The summed E-state index contributed by atoms with van der Waals surface area (Å²) in [6.07, 6.45) is 3.84. The first-order valence-electron chi connectivity index (χ1n) is 10.5. The molecule has 0 bridgehead atoms. The van der Waals surface area contributed by atoms with Gasteiger partial charge < -0.3 is 19.7 Å². The third-order valence-electron chi connectivity index (χ3n) is 6.10. The molecule has 1 aliphatic rings. The average molecular weight is 468 g/mol. The molecule has 33 heavy (non-hydrogen) atoms. The van der Waals surface area contributed by atoms with Crippen LogP contribution in [0.5, 0.6) is 11.6 Å². The number of amides is 1. The number of carbonyl (C=O) groups is 1. The highest BCUT2D eigenvalue weighted by molar-refractivity contribution is 7.85. The summed E-state index contributed by atoms with van der Waals surface area (Å²) < 4.78 is 26.5. The smallest absolute Gasteiger partial charge is 0.227 e. The number of rotatable bonds is 4. The molecule has 2 N–H and O–H groups in total. The van der Waals surface area contributed by atoms with Gasteiger partial charge in [-0.25, -0.2) is 4.39 Å². The van der Waals surface area contributed by atoms with Gasteiger partial charge in [0.05, 0.1) is 17.7 Å². The van der Waals surface area contributed by atoms with Crippen LogP contribution in [0, 0.1) is 5.82 Å². The van der Waals surface area contributed by atoms with Crippen LogP contribution in [0.2, 0.25) is 0 Å². The molecule has 1 fully saturated rings. The highest BCUT2D eigenvalue weighted by Gasteiger charge is 2.26. The molecule has 4 aromatic rings. The minimum Gasteiger partial charge on any atom is -0.505 e. The van der Waals surface area contributed by atoms with Crippen molar-refractivity contribution in [1.82, 2.24) is 14.5 Å². The third-order valence-corrected chi connectivity index (χ3v) is 7.33. The summed E-state index contributed by atoms with van der Waals surface area (Å²) in [7, 11) is 0.620. The molecule has 0 aliphatic carbocycles. The molecule has 1 amide bonds. The van der Waals surface area contributed by atoms with Gasteiger partial charge in [0.25, 0.3) is 0 Å². The van der Waals surface area contributed by atoms with E-state index in [2.05, 4.69) is 4.98 Å². The normalized spacial score (nSPS) is 16.2. The van der Waals surface area contributed by atoms with Crippen molar-refractivity contribution in [2.24, 2.45) is 7.05 Å². The first-order valence-corrected chi connectivity index (χ1v) is 12.0. The Hall–Kier alpha value is -3.46. The molecule has 1 unspecified atom stereocenters. The summed E-state index contributed by atoms with van der Waals surface area (Å²) in [5, 5.41) is 22.9. The average Bonchev–Trinajstić information content (AvgIpc) is 3.36. The predicted octanol–water partition coefficient (Wildman–Crippen LogP) is 2.96. The fourth-order valence-electron chi connectivity index (χ4n) is 4.37. The van der Waals surface area contributed by atoms with Crippen LogP contribution in [0.3, 0.4) is 0 Å². The van der Waals surface area contributed by atoms with Crippen LogP contribution >= 0.6 is 0 Å². The van der Waals surface area contributed by atoms with E-state index in [1.807, 2.05) is 6.07 Å². The predicted molar refractivity (Wildman–Crippen MR) is 124 cm³/mol. The Morgan fingerprint density at radius 1 is 1.18 bits per heavy atom. The lowest BCUT2D eigenvalue weighted by molar-refractivity contribution is -0.128. The van der Waals surface area contributed by atoms with Gasteiger partial charge in [-0.2, -0.15) is 0 Å². The van der Waals surface area contributed by atoms with Gasteiger partial charge in [0.1, 0.15) is 11.3 Å². The van der Waals surface area contributed by atoms with Crippen LogP contribution < -0.4 is 0 Å². The van der Waals surface area contributed by atoms with Gasteiger partial charge in [-0.05, 0) is 41.3 Å². The number of hydrogen-bond donors (Lipinski definition) is 2. The molecular weight excluding hydrogens is 445 g/mol. The van der Waals surface area contributed by atoms with Crippen molar-refractivity contribution in [3.63, 3.8) is 0 Å². The number of benzene rings is 2. The molecule has 7 nitrogen and oxygen atoms in total. The van der Waals surface area contributed by atoms with Crippen LogP contribution in [0.1, 0.15) is 16.7 Å². The summed E-state index contributed by atoms with van der Waals surface area (Å²) >= 11 is 0. The van der Waals surface area contributed by atoms with Crippen molar-refractivity contribution >= 4 is 38.4 Å². The molecule has 1 saturated heterocycles. The summed E-state index contributed by atoms with van der Waals surface area (Å²) in [6.45, 7) is 0.443. The van der Waals surface area contributed by atoms with Crippen LogP contribution in [-0.4, -0.2) is 53.0 Å². The van der Waals surface area contributed by atoms with Crippen LogP contribution in [0.25, 0.3) is 21.7 Å². The molecule has 5 rings (SSSR count). The van der Waals surface area contributed by atoms with Gasteiger partial charge in [-0.15, -0.1) is 0 Å². The number of halogens is 1. The number of pyridine rings is 1. The number of hydrogen-bond acceptors (Lipinski definition) is 5. The lowest BCUT2D eigenvalue weighted by atomic mass is 9.96. The second-order valence-corrected chi connectivity index (χ2v) is 9.88. The Morgan fingerprint density at radius 3 is 2.64 bits per heavy atom. The molecule has 0 spiro atoms. The Balaban J connectivity index is 1.65. The molecule has 0 saturated carbocycles. The van der Waals surface area contributed by atoms with Crippen LogP contribution in [0.15, 0.2) is 42.7 Å². The zero-order valence-electron chi connectivity index (χ0n) is 17.9. The number of aromatic nitrogens is 2. The summed E-state index contributed by atoms with van der Waals surface area (Å²) in [5.41, 5.74) is 2.67. The number of phenolic OH excluding ortho intramolecular Hbond substituents is 1. The summed E-state index contributed by atoms with van der Waals surface area (Å²) in [5.74, 6) is -0.0573. The molecule has 9 heteroatoms. The molecular formula is C24H22FN3O4S. The quantitative estimate of drug-likeness (QED) is 0.481. The van der Waals surface area contributed by atoms with Crippen LogP contribution in [-0.2, 0) is 35.5 Å². The molecule has 3 heterocycles. The van der Waals surface area contributed by atoms with Gasteiger partial charge in [-0.1, -0.05) is 12.1 Å². The van der Waals surface area contributed by atoms with Gasteiger partial charge >= 0.3 is 0 Å². The van der Waals surface area contributed by atoms with E-state index in [0.717, 1.165) is 11.1 Å². The van der Waals surface area contributed by atoms with E-state index in [9.17, 15) is 23.6 Å². The molecule has 170 valence electrons. The van der Waals surface area contributed by atoms with Crippen molar-refractivity contribution in [2.75, 3.05) is 18.2 Å². The van der Waals surface area contributed by atoms with Crippen molar-refractivity contribution in [2.45, 2.75) is 12.8 Å². The third kappa shape index (κ3) is 3.82. The fraction of sp³-hybridized carbons (Fsp3) is 0.250. The van der Waals surface area contributed by atoms with E-state index in [-0.39, 0.29) is 41.0 Å². The number of carbonyl (C=O) groups excluding carboxylic acids is 1. The molecule has 0 radical (unpaired) electrons. The monoisotopic (exact) mass is 467 g/mol. The zero-order valence-corrected chi connectivity index (χ0v) is 18.7. The molecule has 2 aromatic heterocycles. The van der Waals surface area contributed by atoms with E-state index in [1.165, 1.54) is 16.7 Å². The van der Waals surface area contributed by atoms with Crippen molar-refractivity contribution < 1.29 is 23.6 Å². The Labute approximate surface area is 191 Å². The van der Waals surface area contributed by atoms with Gasteiger partial charge in [0.15, 0.2) is 5.75 Å². The van der Waals surface area contributed by atoms with Crippen molar-refractivity contribution in [3.05, 3.63) is 65.2 Å². The topological polar surface area (TPSA) is 95.7 Å². The number of aromatic hydroxyl groups is 2. The SMILES string of the molecule is Cn1cc2c(CC(=O)N3CCS(=O)C3)c3cc(Cc4ccc(F)cc4)cnc3c(O)c2c1O. The minimum atomic E-state index is -1.04.